The maximum absolute atomic E-state index is 10.2. The Kier molecular flexibility index (Phi) is 6.00. The molecule has 0 aromatic heterocycles. The van der Waals surface area contributed by atoms with Crippen LogP contribution in [0.3, 0.4) is 0 Å². The fourth-order valence-electron chi connectivity index (χ4n) is 5.53. The molecular weight excluding hydrogens is 458 g/mol. The largest absolute Gasteiger partial charge is 0.483 e. The minimum atomic E-state index is -0.325. The molecule has 0 radical (unpaired) electrons. The number of rotatable bonds is 5. The zero-order chi connectivity index (χ0) is 24.0. The molecule has 1 saturated carbocycles. The van der Waals surface area contributed by atoms with Crippen LogP contribution in [0.15, 0.2) is 66.7 Å². The van der Waals surface area contributed by atoms with E-state index in [2.05, 4.69) is 59.5 Å². The maximum Gasteiger partial charge on any atom is 0.143 e. The van der Waals surface area contributed by atoms with Gasteiger partial charge in [-0.25, -0.2) is 0 Å². The summed E-state index contributed by atoms with van der Waals surface area (Å²) in [5.74, 6) is 0.979. The molecule has 2 aliphatic heterocycles. The van der Waals surface area contributed by atoms with Crippen molar-refractivity contribution in [3.05, 3.63) is 94.0 Å². The molecule has 4 nitrogen and oxygen atoms in total. The van der Waals surface area contributed by atoms with Gasteiger partial charge in [0, 0.05) is 18.0 Å². The lowest BCUT2D eigenvalue weighted by molar-refractivity contribution is -0.0895. The van der Waals surface area contributed by atoms with Crippen LogP contribution >= 0.6 is 11.6 Å². The molecule has 3 atom stereocenters. The number of hydrogen-bond donors (Lipinski definition) is 1. The van der Waals surface area contributed by atoms with Gasteiger partial charge in [-0.1, -0.05) is 60.1 Å². The first-order chi connectivity index (χ1) is 17.0. The Hall–Kier alpha value is -2.53. The summed E-state index contributed by atoms with van der Waals surface area (Å²) in [5, 5.41) is 11.0. The SMILES string of the molecule is C[C@@H]1C[C@H](O)C[C@H](c2ccc(Cl)c(Cc3ccc4c(c3)N(Cc3ccccc3)CC3(CC3)O4)c2)O1. The normalized spacial score (nSPS) is 24.7. The number of benzene rings is 3. The number of aliphatic hydroxyl groups is 1. The van der Waals surface area contributed by atoms with E-state index in [1.807, 2.05) is 19.1 Å². The smallest absolute Gasteiger partial charge is 0.143 e. The molecule has 1 N–H and O–H groups in total. The Bertz CT molecular complexity index is 1200. The first kappa shape index (κ1) is 22.9. The van der Waals surface area contributed by atoms with Crippen LogP contribution in [0.5, 0.6) is 5.75 Å². The highest BCUT2D eigenvalue weighted by atomic mass is 35.5. The van der Waals surface area contributed by atoms with Gasteiger partial charge in [-0.05, 0) is 73.1 Å². The molecule has 2 heterocycles. The number of nitrogens with zero attached hydrogens (tertiary/aromatic N) is 1. The summed E-state index contributed by atoms with van der Waals surface area (Å²) in [6.45, 7) is 3.82. The fourth-order valence-corrected chi connectivity index (χ4v) is 5.72. The van der Waals surface area contributed by atoms with Crippen LogP contribution in [0.1, 0.15) is 61.0 Å². The van der Waals surface area contributed by atoms with Gasteiger partial charge in [0.15, 0.2) is 0 Å². The van der Waals surface area contributed by atoms with Crippen molar-refractivity contribution in [2.45, 2.75) is 69.5 Å². The standard InChI is InChI=1S/C30H32ClNO3/c1-20-13-25(33)17-29(34-20)23-8-9-26(31)24(16-23)14-22-7-10-28-27(15-22)32(19-30(35-28)11-12-30)18-21-5-3-2-4-6-21/h2-10,15-16,20,25,29,33H,11-14,17-19H2,1H3/t20-,25+,29-/m1/s1. The topological polar surface area (TPSA) is 41.9 Å². The number of ether oxygens (including phenoxy) is 2. The molecule has 0 unspecified atom stereocenters. The molecule has 5 heteroatoms. The van der Waals surface area contributed by atoms with Gasteiger partial charge >= 0.3 is 0 Å². The molecule has 1 aliphatic carbocycles. The lowest BCUT2D eigenvalue weighted by atomic mass is 9.94. The van der Waals surface area contributed by atoms with E-state index in [0.29, 0.717) is 12.8 Å². The highest BCUT2D eigenvalue weighted by molar-refractivity contribution is 6.31. The van der Waals surface area contributed by atoms with Crippen LogP contribution < -0.4 is 9.64 Å². The Morgan fingerprint density at radius 3 is 2.60 bits per heavy atom. The second kappa shape index (κ2) is 9.16. The van der Waals surface area contributed by atoms with Crippen molar-refractivity contribution in [3.8, 4) is 5.75 Å². The van der Waals surface area contributed by atoms with Crippen molar-refractivity contribution in [2.75, 3.05) is 11.4 Å². The molecule has 182 valence electrons. The minimum Gasteiger partial charge on any atom is -0.483 e. The lowest BCUT2D eigenvalue weighted by Gasteiger charge is -2.37. The van der Waals surface area contributed by atoms with Gasteiger partial charge in [-0.2, -0.15) is 0 Å². The van der Waals surface area contributed by atoms with E-state index in [9.17, 15) is 5.11 Å². The summed E-state index contributed by atoms with van der Waals surface area (Å²) >= 11 is 6.64. The van der Waals surface area contributed by atoms with E-state index in [1.54, 1.807) is 0 Å². The van der Waals surface area contributed by atoms with E-state index in [-0.39, 0.29) is 23.9 Å². The van der Waals surface area contributed by atoms with E-state index in [4.69, 9.17) is 21.1 Å². The zero-order valence-electron chi connectivity index (χ0n) is 20.1. The highest BCUT2D eigenvalue weighted by Crippen LogP contribution is 2.49. The Labute approximate surface area is 212 Å². The minimum absolute atomic E-state index is 0.0113. The predicted octanol–water partition coefficient (Wildman–Crippen LogP) is 6.46. The van der Waals surface area contributed by atoms with Gasteiger partial charge < -0.3 is 19.5 Å². The highest BCUT2D eigenvalue weighted by Gasteiger charge is 2.50. The fraction of sp³-hybridized carbons (Fsp3) is 0.400. The average Bonchev–Trinajstić information content (AvgIpc) is 3.59. The lowest BCUT2D eigenvalue weighted by Crippen LogP contribution is -2.41. The third kappa shape index (κ3) is 4.93. The Balaban J connectivity index is 1.27. The summed E-state index contributed by atoms with van der Waals surface area (Å²) in [6.07, 6.45) is 3.92. The molecule has 3 aliphatic rings. The first-order valence-corrected chi connectivity index (χ1v) is 13.1. The van der Waals surface area contributed by atoms with Crippen LogP contribution in [0.25, 0.3) is 0 Å². The monoisotopic (exact) mass is 489 g/mol. The summed E-state index contributed by atoms with van der Waals surface area (Å²) in [7, 11) is 0. The molecule has 1 spiro atoms. The predicted molar refractivity (Wildman–Crippen MR) is 139 cm³/mol. The molecule has 0 amide bonds. The van der Waals surface area contributed by atoms with Gasteiger partial charge in [-0.15, -0.1) is 0 Å². The maximum atomic E-state index is 10.2. The summed E-state index contributed by atoms with van der Waals surface area (Å²) in [5.41, 5.74) is 5.81. The van der Waals surface area contributed by atoms with Crippen molar-refractivity contribution in [2.24, 2.45) is 0 Å². The number of halogens is 1. The van der Waals surface area contributed by atoms with Crippen molar-refractivity contribution in [3.63, 3.8) is 0 Å². The molecule has 1 saturated heterocycles. The summed E-state index contributed by atoms with van der Waals surface area (Å²) < 4.78 is 12.6. The van der Waals surface area contributed by atoms with E-state index in [0.717, 1.165) is 59.9 Å². The van der Waals surface area contributed by atoms with Crippen molar-refractivity contribution >= 4 is 17.3 Å². The molecule has 0 bridgehead atoms. The zero-order valence-corrected chi connectivity index (χ0v) is 20.9. The van der Waals surface area contributed by atoms with E-state index < -0.39 is 0 Å². The summed E-state index contributed by atoms with van der Waals surface area (Å²) in [4.78, 5) is 2.47. The molecule has 6 rings (SSSR count). The van der Waals surface area contributed by atoms with Crippen LogP contribution in [-0.2, 0) is 17.7 Å². The second-order valence-corrected chi connectivity index (χ2v) is 10.9. The number of fused-ring (bicyclic) bond motifs is 1. The third-order valence-electron chi connectivity index (χ3n) is 7.52. The van der Waals surface area contributed by atoms with Gasteiger partial charge in [0.05, 0.1) is 30.5 Å². The van der Waals surface area contributed by atoms with Gasteiger partial charge in [0.2, 0.25) is 0 Å². The molecular formula is C30H32ClNO3. The molecule has 35 heavy (non-hydrogen) atoms. The molecule has 3 aromatic rings. The van der Waals surface area contributed by atoms with E-state index >= 15 is 0 Å². The first-order valence-electron chi connectivity index (χ1n) is 12.7. The number of hydrogen-bond acceptors (Lipinski definition) is 4. The van der Waals surface area contributed by atoms with Crippen LogP contribution in [-0.4, -0.2) is 29.5 Å². The Morgan fingerprint density at radius 1 is 1.00 bits per heavy atom. The number of anilines is 1. The van der Waals surface area contributed by atoms with Crippen molar-refractivity contribution in [1.82, 2.24) is 0 Å². The van der Waals surface area contributed by atoms with Gasteiger partial charge in [0.1, 0.15) is 11.4 Å². The molecule has 2 fully saturated rings. The molecule has 3 aromatic carbocycles. The quantitative estimate of drug-likeness (QED) is 0.446. The van der Waals surface area contributed by atoms with Crippen molar-refractivity contribution in [1.29, 1.82) is 0 Å². The summed E-state index contributed by atoms with van der Waals surface area (Å²) in [6, 6.07) is 23.3. The average molecular weight is 490 g/mol. The third-order valence-corrected chi connectivity index (χ3v) is 7.89. The van der Waals surface area contributed by atoms with Gasteiger partial charge in [-0.3, -0.25) is 0 Å². The van der Waals surface area contributed by atoms with E-state index in [1.165, 1.54) is 11.1 Å². The second-order valence-electron chi connectivity index (χ2n) is 10.5. The van der Waals surface area contributed by atoms with Crippen LogP contribution in [0, 0.1) is 0 Å². The van der Waals surface area contributed by atoms with Crippen LogP contribution in [0.2, 0.25) is 5.02 Å². The number of aliphatic hydroxyl groups excluding tert-OH is 1. The van der Waals surface area contributed by atoms with Crippen molar-refractivity contribution < 1.29 is 14.6 Å². The van der Waals surface area contributed by atoms with Crippen LogP contribution in [0.4, 0.5) is 5.69 Å². The Morgan fingerprint density at radius 2 is 1.83 bits per heavy atom. The van der Waals surface area contributed by atoms with Gasteiger partial charge in [0.25, 0.3) is 0 Å².